The van der Waals surface area contributed by atoms with Gasteiger partial charge in [-0.3, -0.25) is 0 Å². The fourth-order valence-corrected chi connectivity index (χ4v) is 4.54. The van der Waals surface area contributed by atoms with Gasteiger partial charge >= 0.3 is 0 Å². The van der Waals surface area contributed by atoms with Crippen molar-refractivity contribution < 1.29 is 4.74 Å². The standard InChI is InChI=1S/C20H32N4O/c1-16-21-19-8-4-3-7-18(19)20(22-16)24-12-9-17(15-24)25-14-13-23-10-5-2-6-11-23/h17H,2-15H2,1H3. The zero-order valence-electron chi connectivity index (χ0n) is 15.7. The summed E-state index contributed by atoms with van der Waals surface area (Å²) in [5, 5.41) is 0. The van der Waals surface area contributed by atoms with E-state index in [1.54, 1.807) is 0 Å². The number of hydrogen-bond donors (Lipinski definition) is 0. The lowest BCUT2D eigenvalue weighted by atomic mass is 9.96. The molecular weight excluding hydrogens is 312 g/mol. The smallest absolute Gasteiger partial charge is 0.135 e. The van der Waals surface area contributed by atoms with Crippen molar-refractivity contribution >= 4 is 5.82 Å². The van der Waals surface area contributed by atoms with Gasteiger partial charge in [0.25, 0.3) is 0 Å². The predicted molar refractivity (Wildman–Crippen MR) is 100 cm³/mol. The van der Waals surface area contributed by atoms with Gasteiger partial charge in [-0.2, -0.15) is 0 Å². The summed E-state index contributed by atoms with van der Waals surface area (Å²) in [6.45, 7) is 8.57. The first-order chi connectivity index (χ1) is 12.3. The van der Waals surface area contributed by atoms with Crippen molar-refractivity contribution in [3.05, 3.63) is 17.1 Å². The first-order valence-electron chi connectivity index (χ1n) is 10.2. The van der Waals surface area contributed by atoms with Gasteiger partial charge in [-0.25, -0.2) is 9.97 Å². The summed E-state index contributed by atoms with van der Waals surface area (Å²) in [5.41, 5.74) is 2.70. The molecule has 2 aliphatic heterocycles. The molecule has 0 spiro atoms. The summed E-state index contributed by atoms with van der Waals surface area (Å²) < 4.78 is 6.20. The summed E-state index contributed by atoms with van der Waals surface area (Å²) in [4.78, 5) is 14.5. The van der Waals surface area contributed by atoms with E-state index in [4.69, 9.17) is 14.7 Å². The maximum absolute atomic E-state index is 6.20. The molecule has 5 nitrogen and oxygen atoms in total. The summed E-state index contributed by atoms with van der Waals surface area (Å²) in [6.07, 6.45) is 10.4. The fraction of sp³-hybridized carbons (Fsp3) is 0.800. The Kier molecular flexibility index (Phi) is 5.51. The first kappa shape index (κ1) is 17.2. The number of hydrogen-bond acceptors (Lipinski definition) is 5. The average molecular weight is 345 g/mol. The molecule has 1 aromatic rings. The highest BCUT2D eigenvalue weighted by Gasteiger charge is 2.28. The van der Waals surface area contributed by atoms with E-state index in [1.165, 1.54) is 62.3 Å². The molecule has 0 aromatic carbocycles. The second-order valence-corrected chi connectivity index (χ2v) is 7.86. The van der Waals surface area contributed by atoms with Crippen LogP contribution in [0.3, 0.4) is 0 Å². The molecule has 0 saturated carbocycles. The molecule has 4 rings (SSSR count). The number of rotatable bonds is 5. The minimum atomic E-state index is 0.360. The van der Waals surface area contributed by atoms with Gasteiger partial charge in [0.1, 0.15) is 11.6 Å². The molecule has 1 unspecified atom stereocenters. The van der Waals surface area contributed by atoms with Crippen LogP contribution in [0.15, 0.2) is 0 Å². The van der Waals surface area contributed by atoms with Crippen LogP contribution < -0.4 is 4.90 Å². The van der Waals surface area contributed by atoms with Gasteiger partial charge in [0.15, 0.2) is 0 Å². The Hall–Kier alpha value is -1.20. The molecule has 1 atom stereocenters. The molecule has 2 fully saturated rings. The maximum Gasteiger partial charge on any atom is 0.135 e. The van der Waals surface area contributed by atoms with E-state index < -0.39 is 0 Å². The number of likely N-dealkylation sites (tertiary alicyclic amines) is 1. The fourth-order valence-electron chi connectivity index (χ4n) is 4.54. The van der Waals surface area contributed by atoms with Crippen molar-refractivity contribution in [1.29, 1.82) is 0 Å². The van der Waals surface area contributed by atoms with Crippen molar-refractivity contribution in [1.82, 2.24) is 14.9 Å². The zero-order valence-corrected chi connectivity index (χ0v) is 15.7. The van der Waals surface area contributed by atoms with Crippen molar-refractivity contribution in [2.24, 2.45) is 0 Å². The van der Waals surface area contributed by atoms with E-state index in [9.17, 15) is 0 Å². The number of ether oxygens (including phenoxy) is 1. The summed E-state index contributed by atoms with van der Waals surface area (Å²) in [6, 6.07) is 0. The zero-order chi connectivity index (χ0) is 17.1. The summed E-state index contributed by atoms with van der Waals surface area (Å²) in [7, 11) is 0. The maximum atomic E-state index is 6.20. The van der Waals surface area contributed by atoms with Crippen LogP contribution in [-0.2, 0) is 17.6 Å². The molecule has 0 radical (unpaired) electrons. The molecule has 0 amide bonds. The first-order valence-corrected chi connectivity index (χ1v) is 10.2. The largest absolute Gasteiger partial charge is 0.375 e. The summed E-state index contributed by atoms with van der Waals surface area (Å²) >= 11 is 0. The lowest BCUT2D eigenvalue weighted by Crippen LogP contribution is -2.34. The minimum Gasteiger partial charge on any atom is -0.375 e. The van der Waals surface area contributed by atoms with E-state index >= 15 is 0 Å². The number of aromatic nitrogens is 2. The Morgan fingerprint density at radius 1 is 1.00 bits per heavy atom. The molecular formula is C20H32N4O. The second kappa shape index (κ2) is 8.00. The van der Waals surface area contributed by atoms with Gasteiger partial charge in [0, 0.05) is 30.9 Å². The van der Waals surface area contributed by atoms with Crippen molar-refractivity contribution in [2.75, 3.05) is 44.2 Å². The van der Waals surface area contributed by atoms with Crippen molar-refractivity contribution in [3.63, 3.8) is 0 Å². The van der Waals surface area contributed by atoms with Gasteiger partial charge in [0.2, 0.25) is 0 Å². The number of piperidine rings is 1. The van der Waals surface area contributed by atoms with Crippen LogP contribution in [-0.4, -0.2) is 60.3 Å². The quantitative estimate of drug-likeness (QED) is 0.821. The molecule has 2 saturated heterocycles. The molecule has 5 heteroatoms. The number of nitrogens with zero attached hydrogens (tertiary/aromatic N) is 4. The number of fused-ring (bicyclic) bond motifs is 1. The Bertz CT molecular complexity index is 585. The van der Waals surface area contributed by atoms with E-state index in [1.807, 2.05) is 6.92 Å². The highest BCUT2D eigenvalue weighted by atomic mass is 16.5. The van der Waals surface area contributed by atoms with E-state index in [-0.39, 0.29) is 0 Å². The SMILES string of the molecule is Cc1nc2c(c(N3CCC(OCCN4CCCCC4)C3)n1)CCCC2. The summed E-state index contributed by atoms with van der Waals surface area (Å²) in [5.74, 6) is 2.12. The molecule has 0 N–H and O–H groups in total. The Labute approximate surface area is 151 Å². The Morgan fingerprint density at radius 2 is 1.84 bits per heavy atom. The molecule has 1 aliphatic carbocycles. The molecule has 1 aromatic heterocycles. The van der Waals surface area contributed by atoms with Gasteiger partial charge in [-0.15, -0.1) is 0 Å². The van der Waals surface area contributed by atoms with E-state index in [2.05, 4.69) is 9.80 Å². The highest BCUT2D eigenvalue weighted by molar-refractivity contribution is 5.51. The molecule has 3 heterocycles. The lowest BCUT2D eigenvalue weighted by Gasteiger charge is -2.27. The van der Waals surface area contributed by atoms with Crippen LogP contribution in [0.1, 0.15) is 55.6 Å². The third-order valence-electron chi connectivity index (χ3n) is 5.93. The third-order valence-corrected chi connectivity index (χ3v) is 5.93. The van der Waals surface area contributed by atoms with E-state index in [0.717, 1.165) is 51.3 Å². The van der Waals surface area contributed by atoms with Crippen LogP contribution in [0.5, 0.6) is 0 Å². The number of aryl methyl sites for hydroxylation is 2. The Balaban J connectivity index is 1.32. The van der Waals surface area contributed by atoms with Crippen molar-refractivity contribution in [3.8, 4) is 0 Å². The molecule has 138 valence electrons. The van der Waals surface area contributed by atoms with Crippen LogP contribution >= 0.6 is 0 Å². The average Bonchev–Trinajstić information content (AvgIpc) is 3.10. The Morgan fingerprint density at radius 3 is 2.72 bits per heavy atom. The highest BCUT2D eigenvalue weighted by Crippen LogP contribution is 2.30. The van der Waals surface area contributed by atoms with Crippen molar-refractivity contribution in [2.45, 2.75) is 64.4 Å². The second-order valence-electron chi connectivity index (χ2n) is 7.86. The minimum absolute atomic E-state index is 0.360. The van der Waals surface area contributed by atoms with E-state index in [0.29, 0.717) is 6.10 Å². The lowest BCUT2D eigenvalue weighted by molar-refractivity contribution is 0.0467. The topological polar surface area (TPSA) is 41.5 Å². The number of anilines is 1. The van der Waals surface area contributed by atoms with Crippen LogP contribution in [0.25, 0.3) is 0 Å². The van der Waals surface area contributed by atoms with Crippen LogP contribution in [0.4, 0.5) is 5.82 Å². The van der Waals surface area contributed by atoms with Crippen LogP contribution in [0, 0.1) is 6.92 Å². The van der Waals surface area contributed by atoms with Crippen LogP contribution in [0.2, 0.25) is 0 Å². The van der Waals surface area contributed by atoms with Gasteiger partial charge in [-0.1, -0.05) is 6.42 Å². The molecule has 25 heavy (non-hydrogen) atoms. The van der Waals surface area contributed by atoms with Gasteiger partial charge < -0.3 is 14.5 Å². The normalized spacial score (nSPS) is 24.5. The monoisotopic (exact) mass is 344 g/mol. The third kappa shape index (κ3) is 4.14. The van der Waals surface area contributed by atoms with Gasteiger partial charge in [0.05, 0.1) is 12.7 Å². The molecule has 3 aliphatic rings. The predicted octanol–water partition coefficient (Wildman–Crippen LogP) is 2.75. The molecule has 0 bridgehead atoms. The van der Waals surface area contributed by atoms with Gasteiger partial charge in [-0.05, 0) is 65.0 Å².